The van der Waals surface area contributed by atoms with Gasteiger partial charge in [-0.3, -0.25) is 0 Å². The summed E-state index contributed by atoms with van der Waals surface area (Å²) in [5.41, 5.74) is -0.794. The van der Waals surface area contributed by atoms with Crippen LogP contribution in [0.15, 0.2) is 16.6 Å². The van der Waals surface area contributed by atoms with Crippen LogP contribution in [-0.2, 0) is 5.67 Å². The van der Waals surface area contributed by atoms with E-state index in [9.17, 15) is 4.39 Å². The van der Waals surface area contributed by atoms with E-state index in [4.69, 9.17) is 9.47 Å². The zero-order valence-corrected chi connectivity index (χ0v) is 9.52. The number of fused-ring (bicyclic) bond motifs is 1. The van der Waals surface area contributed by atoms with Crippen LogP contribution in [0.25, 0.3) is 0 Å². The number of alkyl halides is 1. The van der Waals surface area contributed by atoms with Crippen molar-refractivity contribution in [3.63, 3.8) is 0 Å². The standard InChI is InChI=1S/C10H10BrFO2/c1-10(2,12)6-3-7(11)9-8(4-6)13-5-14-9/h3-4H,5H2,1-2H3. The lowest BCUT2D eigenvalue weighted by atomic mass is 10.00. The van der Waals surface area contributed by atoms with Gasteiger partial charge in [-0.1, -0.05) is 0 Å². The Morgan fingerprint density at radius 3 is 2.71 bits per heavy atom. The summed E-state index contributed by atoms with van der Waals surface area (Å²) in [5, 5.41) is 0. The van der Waals surface area contributed by atoms with Crippen molar-refractivity contribution < 1.29 is 13.9 Å². The third-order valence-corrected chi connectivity index (χ3v) is 2.70. The number of rotatable bonds is 1. The second-order valence-corrected chi connectivity index (χ2v) is 4.52. The lowest BCUT2D eigenvalue weighted by molar-refractivity contribution is 0.173. The van der Waals surface area contributed by atoms with Gasteiger partial charge in [0.1, 0.15) is 5.67 Å². The van der Waals surface area contributed by atoms with E-state index in [1.165, 1.54) is 13.8 Å². The maximum Gasteiger partial charge on any atom is 0.231 e. The Balaban J connectivity index is 2.52. The van der Waals surface area contributed by atoms with Crippen LogP contribution in [0, 0.1) is 0 Å². The van der Waals surface area contributed by atoms with E-state index in [2.05, 4.69) is 15.9 Å². The van der Waals surface area contributed by atoms with Gasteiger partial charge in [-0.25, -0.2) is 4.39 Å². The van der Waals surface area contributed by atoms with Crippen molar-refractivity contribution in [2.24, 2.45) is 0 Å². The summed E-state index contributed by atoms with van der Waals surface area (Å²) in [5.74, 6) is 1.25. The smallest absolute Gasteiger partial charge is 0.231 e. The van der Waals surface area contributed by atoms with Crippen molar-refractivity contribution in [1.29, 1.82) is 0 Å². The minimum atomic E-state index is -1.37. The normalized spacial score (nSPS) is 14.6. The SMILES string of the molecule is CC(C)(F)c1cc(Br)c2c(c1)OCO2. The summed E-state index contributed by atoms with van der Waals surface area (Å²) < 4.78 is 24.8. The van der Waals surface area contributed by atoms with E-state index in [0.29, 0.717) is 17.1 Å². The minimum Gasteiger partial charge on any atom is -0.454 e. The average molecular weight is 261 g/mol. The molecule has 0 saturated carbocycles. The molecule has 0 bridgehead atoms. The van der Waals surface area contributed by atoms with E-state index >= 15 is 0 Å². The molecule has 0 amide bonds. The summed E-state index contributed by atoms with van der Waals surface area (Å²) in [4.78, 5) is 0. The maximum absolute atomic E-state index is 13.7. The highest BCUT2D eigenvalue weighted by Gasteiger charge is 2.25. The van der Waals surface area contributed by atoms with Crippen LogP contribution in [0.2, 0.25) is 0 Å². The Hall–Kier alpha value is -0.770. The monoisotopic (exact) mass is 260 g/mol. The Kier molecular flexibility index (Phi) is 2.18. The van der Waals surface area contributed by atoms with E-state index in [0.717, 1.165) is 4.47 Å². The molecule has 2 rings (SSSR count). The maximum atomic E-state index is 13.7. The van der Waals surface area contributed by atoms with Gasteiger partial charge >= 0.3 is 0 Å². The first-order chi connectivity index (χ1) is 6.48. The highest BCUT2D eigenvalue weighted by molar-refractivity contribution is 9.10. The Bertz CT molecular complexity index is 371. The molecular weight excluding hydrogens is 251 g/mol. The molecule has 1 aromatic rings. The van der Waals surface area contributed by atoms with Crippen molar-refractivity contribution in [3.05, 3.63) is 22.2 Å². The Morgan fingerprint density at radius 1 is 1.36 bits per heavy atom. The second kappa shape index (κ2) is 3.12. The van der Waals surface area contributed by atoms with Crippen LogP contribution >= 0.6 is 15.9 Å². The summed E-state index contributed by atoms with van der Waals surface area (Å²) in [6, 6.07) is 3.39. The van der Waals surface area contributed by atoms with Gasteiger partial charge < -0.3 is 9.47 Å². The molecule has 76 valence electrons. The molecule has 0 unspecified atom stereocenters. The van der Waals surface area contributed by atoms with E-state index in [1.54, 1.807) is 12.1 Å². The topological polar surface area (TPSA) is 18.5 Å². The molecule has 1 heterocycles. The summed E-state index contributed by atoms with van der Waals surface area (Å²) in [6.07, 6.45) is 0. The number of halogens is 2. The molecule has 0 aliphatic carbocycles. The molecule has 1 aromatic carbocycles. The molecule has 14 heavy (non-hydrogen) atoms. The predicted molar refractivity (Wildman–Crippen MR) is 54.4 cm³/mol. The van der Waals surface area contributed by atoms with Crippen molar-refractivity contribution in [2.45, 2.75) is 19.5 Å². The van der Waals surface area contributed by atoms with Crippen LogP contribution in [0.4, 0.5) is 4.39 Å². The largest absolute Gasteiger partial charge is 0.454 e. The minimum absolute atomic E-state index is 0.199. The van der Waals surface area contributed by atoms with E-state index in [1.807, 2.05) is 0 Å². The van der Waals surface area contributed by atoms with Gasteiger partial charge in [0.05, 0.1) is 4.47 Å². The lowest BCUT2D eigenvalue weighted by Gasteiger charge is -2.15. The first-order valence-corrected chi connectivity index (χ1v) is 5.06. The molecule has 0 saturated heterocycles. The first-order valence-electron chi connectivity index (χ1n) is 4.27. The zero-order chi connectivity index (χ0) is 10.3. The van der Waals surface area contributed by atoms with Gasteiger partial charge in [0.15, 0.2) is 11.5 Å². The molecule has 0 aromatic heterocycles. The fourth-order valence-corrected chi connectivity index (χ4v) is 1.87. The molecule has 0 atom stereocenters. The van der Waals surface area contributed by atoms with Gasteiger partial charge in [0.25, 0.3) is 0 Å². The number of benzene rings is 1. The van der Waals surface area contributed by atoms with Crippen LogP contribution < -0.4 is 9.47 Å². The summed E-state index contributed by atoms with van der Waals surface area (Å²) >= 11 is 3.32. The van der Waals surface area contributed by atoms with Gasteiger partial charge in [0.2, 0.25) is 6.79 Å². The van der Waals surface area contributed by atoms with Crippen molar-refractivity contribution in [2.75, 3.05) is 6.79 Å². The van der Waals surface area contributed by atoms with Crippen LogP contribution in [0.1, 0.15) is 19.4 Å². The number of hydrogen-bond acceptors (Lipinski definition) is 2. The Morgan fingerprint density at radius 2 is 2.07 bits per heavy atom. The average Bonchev–Trinajstić information content (AvgIpc) is 2.50. The van der Waals surface area contributed by atoms with E-state index < -0.39 is 5.67 Å². The van der Waals surface area contributed by atoms with Gasteiger partial charge in [0, 0.05) is 0 Å². The highest BCUT2D eigenvalue weighted by Crippen LogP contribution is 2.42. The number of ether oxygens (including phenoxy) is 2. The molecule has 0 N–H and O–H groups in total. The van der Waals surface area contributed by atoms with Gasteiger partial charge in [-0.05, 0) is 47.5 Å². The Labute approximate surface area is 90.1 Å². The second-order valence-electron chi connectivity index (χ2n) is 3.66. The summed E-state index contributed by atoms with van der Waals surface area (Å²) in [7, 11) is 0. The molecule has 0 spiro atoms. The summed E-state index contributed by atoms with van der Waals surface area (Å²) in [6.45, 7) is 3.22. The predicted octanol–water partition coefficient (Wildman–Crippen LogP) is 3.38. The molecule has 0 radical (unpaired) electrons. The van der Waals surface area contributed by atoms with Gasteiger partial charge in [-0.15, -0.1) is 0 Å². The zero-order valence-electron chi connectivity index (χ0n) is 7.93. The van der Waals surface area contributed by atoms with Crippen LogP contribution in [0.3, 0.4) is 0 Å². The molecule has 1 aliphatic rings. The molecular formula is C10H10BrFO2. The lowest BCUT2D eigenvalue weighted by Crippen LogP contribution is -2.08. The van der Waals surface area contributed by atoms with Crippen molar-refractivity contribution >= 4 is 15.9 Å². The van der Waals surface area contributed by atoms with Crippen LogP contribution in [-0.4, -0.2) is 6.79 Å². The fourth-order valence-electron chi connectivity index (χ4n) is 1.31. The van der Waals surface area contributed by atoms with Gasteiger partial charge in [-0.2, -0.15) is 0 Å². The number of hydrogen-bond donors (Lipinski definition) is 0. The first kappa shape index (κ1) is 9.77. The van der Waals surface area contributed by atoms with Crippen molar-refractivity contribution in [3.8, 4) is 11.5 Å². The van der Waals surface area contributed by atoms with Crippen molar-refractivity contribution in [1.82, 2.24) is 0 Å². The quantitative estimate of drug-likeness (QED) is 0.771. The molecule has 4 heteroatoms. The van der Waals surface area contributed by atoms with E-state index in [-0.39, 0.29) is 6.79 Å². The molecule has 1 aliphatic heterocycles. The van der Waals surface area contributed by atoms with Crippen LogP contribution in [0.5, 0.6) is 11.5 Å². The fraction of sp³-hybridized carbons (Fsp3) is 0.400. The molecule has 0 fully saturated rings. The molecule has 2 nitrogen and oxygen atoms in total. The third kappa shape index (κ3) is 1.59. The highest BCUT2D eigenvalue weighted by atomic mass is 79.9. The third-order valence-electron chi connectivity index (χ3n) is 2.11.